The lowest BCUT2D eigenvalue weighted by atomic mass is 10.5. The molecular weight excluding hydrogens is 231 g/mol. The molecule has 1 nitrogen and oxygen atoms in total. The Labute approximate surface area is 60.9 Å². The SMILES string of the molecule is CC(F)(I)CNCl. The van der Waals surface area contributed by atoms with Crippen LogP contribution in [0.5, 0.6) is 0 Å². The Morgan fingerprint density at radius 2 is 2.43 bits per heavy atom. The van der Waals surface area contributed by atoms with Gasteiger partial charge in [-0.3, -0.25) is 0 Å². The highest BCUT2D eigenvalue weighted by Crippen LogP contribution is 2.17. The molecule has 4 heteroatoms. The first-order valence-corrected chi connectivity index (χ1v) is 3.23. The molecule has 0 fully saturated rings. The van der Waals surface area contributed by atoms with E-state index in [1.165, 1.54) is 6.92 Å². The van der Waals surface area contributed by atoms with Gasteiger partial charge in [0, 0.05) is 0 Å². The summed E-state index contributed by atoms with van der Waals surface area (Å²) in [6.45, 7) is 1.62. The van der Waals surface area contributed by atoms with Gasteiger partial charge in [-0.15, -0.1) is 0 Å². The average Bonchev–Trinajstić information content (AvgIpc) is 1.30. The minimum Gasteiger partial charge on any atom is -0.231 e. The summed E-state index contributed by atoms with van der Waals surface area (Å²) in [6.07, 6.45) is 0. The zero-order valence-electron chi connectivity index (χ0n) is 3.84. The molecule has 0 saturated carbocycles. The second-order valence-corrected chi connectivity index (χ2v) is 3.90. The normalized spacial score (nSPS) is 18.9. The summed E-state index contributed by atoms with van der Waals surface area (Å²) in [5, 5.41) is 0. The lowest BCUT2D eigenvalue weighted by Crippen LogP contribution is -2.21. The molecular formula is C3H6ClFIN. The fourth-order valence-corrected chi connectivity index (χ4v) is 0.784. The quantitative estimate of drug-likeness (QED) is 0.439. The van der Waals surface area contributed by atoms with E-state index in [1.54, 1.807) is 22.6 Å². The molecule has 0 aromatic carbocycles. The number of halogens is 3. The molecule has 0 radical (unpaired) electrons. The van der Waals surface area contributed by atoms with Gasteiger partial charge in [0.1, 0.15) is 0 Å². The highest BCUT2D eigenvalue weighted by atomic mass is 127. The second-order valence-electron chi connectivity index (χ2n) is 1.38. The molecule has 1 atom stereocenters. The molecule has 0 heterocycles. The van der Waals surface area contributed by atoms with Gasteiger partial charge in [0.25, 0.3) is 0 Å². The standard InChI is InChI=1S/C3H6ClFIN/c1-3(5,6)2-7-4/h7H,2H2,1H3. The van der Waals surface area contributed by atoms with E-state index in [9.17, 15) is 4.39 Å². The van der Waals surface area contributed by atoms with Gasteiger partial charge < -0.3 is 0 Å². The van der Waals surface area contributed by atoms with E-state index >= 15 is 0 Å². The van der Waals surface area contributed by atoms with Gasteiger partial charge in [0.2, 0.25) is 0 Å². The summed E-state index contributed by atoms with van der Waals surface area (Å²) in [5.41, 5.74) is 0. The van der Waals surface area contributed by atoms with Crippen molar-refractivity contribution in [2.75, 3.05) is 6.54 Å². The Morgan fingerprint density at radius 1 is 2.00 bits per heavy atom. The first kappa shape index (κ1) is 7.91. The van der Waals surface area contributed by atoms with Crippen LogP contribution in [0.2, 0.25) is 0 Å². The summed E-state index contributed by atoms with van der Waals surface area (Å²) in [6, 6.07) is 0. The summed E-state index contributed by atoms with van der Waals surface area (Å²) in [4.78, 5) is 2.20. The van der Waals surface area contributed by atoms with Crippen LogP contribution in [0.3, 0.4) is 0 Å². The van der Waals surface area contributed by atoms with Crippen molar-refractivity contribution in [3.05, 3.63) is 0 Å². The topological polar surface area (TPSA) is 12.0 Å². The average molecular weight is 237 g/mol. The Balaban J connectivity index is 3.15. The zero-order chi connectivity index (χ0) is 5.91. The lowest BCUT2D eigenvalue weighted by molar-refractivity contribution is 0.341. The predicted octanol–water partition coefficient (Wildman–Crippen LogP) is 1.85. The minimum atomic E-state index is -1.22. The largest absolute Gasteiger partial charge is 0.231 e. The summed E-state index contributed by atoms with van der Waals surface area (Å²) >= 11 is 6.65. The van der Waals surface area contributed by atoms with Crippen LogP contribution in [0.1, 0.15) is 6.92 Å². The van der Waals surface area contributed by atoms with E-state index in [-0.39, 0.29) is 6.54 Å². The van der Waals surface area contributed by atoms with Crippen LogP contribution in [0.25, 0.3) is 0 Å². The number of hydrogen-bond acceptors (Lipinski definition) is 1. The lowest BCUT2D eigenvalue weighted by Gasteiger charge is -2.07. The molecule has 0 aromatic rings. The van der Waals surface area contributed by atoms with Gasteiger partial charge in [0.05, 0.1) is 6.54 Å². The Bertz CT molecular complexity index is 53.4. The fourth-order valence-electron chi connectivity index (χ4n) is 0.117. The third kappa shape index (κ3) is 6.91. The van der Waals surface area contributed by atoms with Crippen LogP contribution in [-0.4, -0.2) is 10.2 Å². The van der Waals surface area contributed by atoms with Gasteiger partial charge in [-0.05, 0) is 41.3 Å². The smallest absolute Gasteiger partial charge is 0.172 e. The molecule has 0 bridgehead atoms. The summed E-state index contributed by atoms with van der Waals surface area (Å²) < 4.78 is 11.0. The Kier molecular flexibility index (Phi) is 3.44. The van der Waals surface area contributed by atoms with Crippen molar-refractivity contribution in [2.45, 2.75) is 10.6 Å². The van der Waals surface area contributed by atoms with E-state index in [2.05, 4.69) is 4.84 Å². The molecule has 0 aliphatic heterocycles. The molecule has 0 aromatic heterocycles. The van der Waals surface area contributed by atoms with Crippen LogP contribution in [-0.2, 0) is 0 Å². The zero-order valence-corrected chi connectivity index (χ0v) is 6.75. The predicted molar refractivity (Wildman–Crippen MR) is 37.4 cm³/mol. The molecule has 0 aliphatic rings. The third-order valence-corrected chi connectivity index (χ3v) is 0.892. The molecule has 7 heavy (non-hydrogen) atoms. The maximum Gasteiger partial charge on any atom is 0.172 e. The van der Waals surface area contributed by atoms with E-state index in [4.69, 9.17) is 11.8 Å². The third-order valence-electron chi connectivity index (χ3n) is 0.377. The fraction of sp³-hybridized carbons (Fsp3) is 1.00. The highest BCUT2D eigenvalue weighted by Gasteiger charge is 2.15. The van der Waals surface area contributed by atoms with Crippen LogP contribution in [0.15, 0.2) is 0 Å². The van der Waals surface area contributed by atoms with Crippen molar-refractivity contribution in [2.24, 2.45) is 0 Å². The van der Waals surface area contributed by atoms with Crippen molar-refractivity contribution in [1.82, 2.24) is 4.84 Å². The Morgan fingerprint density at radius 3 is 2.43 bits per heavy atom. The number of rotatable bonds is 2. The molecule has 0 saturated heterocycles. The van der Waals surface area contributed by atoms with Crippen molar-refractivity contribution < 1.29 is 4.39 Å². The number of nitrogens with one attached hydrogen (secondary N) is 1. The maximum absolute atomic E-state index is 12.2. The second kappa shape index (κ2) is 3.04. The van der Waals surface area contributed by atoms with E-state index < -0.39 is 3.68 Å². The van der Waals surface area contributed by atoms with Gasteiger partial charge in [0.15, 0.2) is 3.68 Å². The minimum absolute atomic E-state index is 0.176. The summed E-state index contributed by atoms with van der Waals surface area (Å²) in [7, 11) is 0. The van der Waals surface area contributed by atoms with Gasteiger partial charge >= 0.3 is 0 Å². The van der Waals surface area contributed by atoms with Crippen LogP contribution >= 0.6 is 34.4 Å². The van der Waals surface area contributed by atoms with Crippen molar-refractivity contribution in [3.8, 4) is 0 Å². The van der Waals surface area contributed by atoms with Crippen molar-refractivity contribution in [1.29, 1.82) is 0 Å². The number of alkyl halides is 2. The van der Waals surface area contributed by atoms with Gasteiger partial charge in [-0.2, -0.15) is 0 Å². The van der Waals surface area contributed by atoms with Gasteiger partial charge in [-0.25, -0.2) is 9.23 Å². The molecule has 1 N–H and O–H groups in total. The van der Waals surface area contributed by atoms with E-state index in [0.29, 0.717) is 0 Å². The van der Waals surface area contributed by atoms with Crippen LogP contribution in [0.4, 0.5) is 4.39 Å². The monoisotopic (exact) mass is 237 g/mol. The molecule has 0 amide bonds. The molecule has 0 aliphatic carbocycles. The first-order chi connectivity index (χ1) is 3.06. The maximum atomic E-state index is 12.2. The van der Waals surface area contributed by atoms with Crippen LogP contribution in [0, 0.1) is 0 Å². The van der Waals surface area contributed by atoms with Crippen molar-refractivity contribution >= 4 is 34.4 Å². The van der Waals surface area contributed by atoms with Crippen molar-refractivity contribution in [3.63, 3.8) is 0 Å². The number of hydrogen-bond donors (Lipinski definition) is 1. The van der Waals surface area contributed by atoms with E-state index in [1.807, 2.05) is 0 Å². The molecule has 0 rings (SSSR count). The molecule has 1 unspecified atom stereocenters. The molecule has 44 valence electrons. The molecule has 0 spiro atoms. The Hall–Kier alpha value is 0.910. The van der Waals surface area contributed by atoms with Gasteiger partial charge in [-0.1, -0.05) is 0 Å². The van der Waals surface area contributed by atoms with E-state index in [0.717, 1.165) is 0 Å². The summed E-state index contributed by atoms with van der Waals surface area (Å²) in [5.74, 6) is 0. The first-order valence-electron chi connectivity index (χ1n) is 1.77. The highest BCUT2D eigenvalue weighted by molar-refractivity contribution is 14.1. The van der Waals surface area contributed by atoms with Crippen LogP contribution < -0.4 is 4.84 Å².